The summed E-state index contributed by atoms with van der Waals surface area (Å²) >= 11 is 3.63. The second-order valence-electron chi connectivity index (χ2n) is 5.58. The minimum Gasteiger partial charge on any atom is -0.489 e. The van der Waals surface area contributed by atoms with Crippen LogP contribution in [0.25, 0.3) is 0 Å². The highest BCUT2D eigenvalue weighted by molar-refractivity contribution is 9.10. The Balaban J connectivity index is 2.12. The number of halogens is 1. The normalized spacial score (nSPS) is 20.6. The molecule has 1 aromatic rings. The van der Waals surface area contributed by atoms with Gasteiger partial charge < -0.3 is 15.2 Å². The fourth-order valence-electron chi connectivity index (χ4n) is 3.16. The summed E-state index contributed by atoms with van der Waals surface area (Å²) in [5.74, 6) is 1.76. The van der Waals surface area contributed by atoms with Gasteiger partial charge in [-0.05, 0) is 52.9 Å². The zero-order valence-corrected chi connectivity index (χ0v) is 12.9. The fraction of sp³-hybridized carbons (Fsp3) is 0.600. The van der Waals surface area contributed by atoms with Crippen molar-refractivity contribution in [1.29, 1.82) is 0 Å². The van der Waals surface area contributed by atoms with Gasteiger partial charge in [-0.15, -0.1) is 0 Å². The van der Waals surface area contributed by atoms with E-state index in [1.165, 1.54) is 30.4 Å². The highest BCUT2D eigenvalue weighted by Crippen LogP contribution is 2.50. The molecule has 0 spiro atoms. The van der Waals surface area contributed by atoms with Gasteiger partial charge in [-0.3, -0.25) is 0 Å². The molecule has 0 bridgehead atoms. The number of nitrogens with two attached hydrogens (primary N) is 1. The summed E-state index contributed by atoms with van der Waals surface area (Å²) < 4.78 is 12.7. The summed E-state index contributed by atoms with van der Waals surface area (Å²) in [7, 11) is 0. The van der Waals surface area contributed by atoms with Crippen molar-refractivity contribution in [3.8, 4) is 11.5 Å². The molecule has 1 aliphatic carbocycles. The van der Waals surface area contributed by atoms with Gasteiger partial charge in [0.15, 0.2) is 11.5 Å². The zero-order valence-electron chi connectivity index (χ0n) is 11.3. The second kappa shape index (κ2) is 4.98. The number of benzene rings is 1. The summed E-state index contributed by atoms with van der Waals surface area (Å²) in [6.07, 6.45) is 4.55. The Kier molecular flexibility index (Phi) is 3.48. The van der Waals surface area contributed by atoms with E-state index in [1.807, 2.05) is 0 Å². The van der Waals surface area contributed by atoms with Gasteiger partial charge in [-0.1, -0.05) is 6.42 Å². The van der Waals surface area contributed by atoms with Gasteiger partial charge in [0.05, 0.1) is 17.7 Å². The average molecular weight is 326 g/mol. The number of ether oxygens (including phenoxy) is 2. The van der Waals surface area contributed by atoms with Crippen molar-refractivity contribution < 1.29 is 9.47 Å². The Bertz CT molecular complexity index is 492. The van der Waals surface area contributed by atoms with Crippen LogP contribution >= 0.6 is 15.9 Å². The Hall–Kier alpha value is -0.740. The van der Waals surface area contributed by atoms with E-state index in [4.69, 9.17) is 15.2 Å². The fourth-order valence-corrected chi connectivity index (χ4v) is 3.68. The van der Waals surface area contributed by atoms with E-state index in [9.17, 15) is 0 Å². The van der Waals surface area contributed by atoms with Crippen LogP contribution < -0.4 is 15.2 Å². The minimum absolute atomic E-state index is 0.150. The van der Waals surface area contributed by atoms with E-state index in [0.717, 1.165) is 29.0 Å². The van der Waals surface area contributed by atoms with Gasteiger partial charge in [0, 0.05) is 18.4 Å². The zero-order chi connectivity index (χ0) is 13.5. The molecule has 1 aromatic carbocycles. The average Bonchev–Trinajstić information content (AvgIpc) is 2.60. The third-order valence-electron chi connectivity index (χ3n) is 4.49. The lowest BCUT2D eigenvalue weighted by Gasteiger charge is -2.43. The molecule has 0 saturated heterocycles. The quantitative estimate of drug-likeness (QED) is 0.907. The van der Waals surface area contributed by atoms with E-state index in [1.54, 1.807) is 0 Å². The first kappa shape index (κ1) is 13.3. The highest BCUT2D eigenvalue weighted by atomic mass is 79.9. The molecule has 2 aliphatic rings. The molecule has 2 N–H and O–H groups in total. The molecule has 1 saturated carbocycles. The molecule has 1 heterocycles. The lowest BCUT2D eigenvalue weighted by atomic mass is 9.63. The Morgan fingerprint density at radius 3 is 2.47 bits per heavy atom. The smallest absolute Gasteiger partial charge is 0.175 e. The first-order valence-electron chi connectivity index (χ1n) is 6.97. The van der Waals surface area contributed by atoms with Gasteiger partial charge in [0.1, 0.15) is 0 Å². The van der Waals surface area contributed by atoms with Crippen LogP contribution in [-0.4, -0.2) is 19.8 Å². The SMILES string of the molecule is Cc1c(C2(CN)CCC2)cc(Br)c2c1OCCCO2. The summed E-state index contributed by atoms with van der Waals surface area (Å²) in [6.45, 7) is 4.27. The predicted molar refractivity (Wildman–Crippen MR) is 79.1 cm³/mol. The van der Waals surface area contributed by atoms with Gasteiger partial charge >= 0.3 is 0 Å². The van der Waals surface area contributed by atoms with Crippen molar-refractivity contribution in [3.63, 3.8) is 0 Å². The van der Waals surface area contributed by atoms with Crippen LogP contribution in [0.15, 0.2) is 10.5 Å². The van der Waals surface area contributed by atoms with Crippen LogP contribution in [0.5, 0.6) is 11.5 Å². The highest BCUT2D eigenvalue weighted by Gasteiger charge is 2.40. The third-order valence-corrected chi connectivity index (χ3v) is 5.08. The maximum atomic E-state index is 6.04. The maximum absolute atomic E-state index is 6.04. The number of rotatable bonds is 2. The van der Waals surface area contributed by atoms with Crippen molar-refractivity contribution >= 4 is 15.9 Å². The topological polar surface area (TPSA) is 44.5 Å². The lowest BCUT2D eigenvalue weighted by Crippen LogP contribution is -2.42. The first-order valence-corrected chi connectivity index (χ1v) is 7.76. The van der Waals surface area contributed by atoms with Crippen LogP contribution in [0.4, 0.5) is 0 Å². The number of hydrogen-bond donors (Lipinski definition) is 1. The molecule has 0 aromatic heterocycles. The summed E-state index contributed by atoms with van der Waals surface area (Å²) in [5.41, 5.74) is 8.72. The van der Waals surface area contributed by atoms with E-state index in [-0.39, 0.29) is 5.41 Å². The first-order chi connectivity index (χ1) is 9.18. The minimum atomic E-state index is 0.150. The summed E-state index contributed by atoms with van der Waals surface area (Å²) in [5, 5.41) is 0. The van der Waals surface area contributed by atoms with Crippen molar-refractivity contribution in [2.45, 2.75) is 38.0 Å². The molecular formula is C15H20BrNO2. The molecule has 0 amide bonds. The molecule has 3 rings (SSSR count). The summed E-state index contributed by atoms with van der Waals surface area (Å²) in [4.78, 5) is 0. The molecule has 104 valence electrons. The molecule has 1 fully saturated rings. The van der Waals surface area contributed by atoms with Crippen LogP contribution in [-0.2, 0) is 5.41 Å². The van der Waals surface area contributed by atoms with Gasteiger partial charge in [-0.25, -0.2) is 0 Å². The predicted octanol–water partition coefficient (Wildman–Crippen LogP) is 3.30. The largest absolute Gasteiger partial charge is 0.489 e. The van der Waals surface area contributed by atoms with Crippen molar-refractivity contribution in [3.05, 3.63) is 21.7 Å². The van der Waals surface area contributed by atoms with E-state index in [0.29, 0.717) is 13.2 Å². The Morgan fingerprint density at radius 2 is 1.89 bits per heavy atom. The maximum Gasteiger partial charge on any atom is 0.175 e. The third kappa shape index (κ3) is 2.05. The van der Waals surface area contributed by atoms with Crippen LogP contribution in [0, 0.1) is 6.92 Å². The van der Waals surface area contributed by atoms with E-state index < -0.39 is 0 Å². The molecular weight excluding hydrogens is 306 g/mol. The molecule has 0 atom stereocenters. The van der Waals surface area contributed by atoms with Crippen LogP contribution in [0.3, 0.4) is 0 Å². The molecule has 0 unspecified atom stereocenters. The molecule has 1 aliphatic heterocycles. The van der Waals surface area contributed by atoms with E-state index >= 15 is 0 Å². The van der Waals surface area contributed by atoms with E-state index in [2.05, 4.69) is 28.9 Å². The van der Waals surface area contributed by atoms with Crippen molar-refractivity contribution in [2.24, 2.45) is 5.73 Å². The number of fused-ring (bicyclic) bond motifs is 1. The summed E-state index contributed by atoms with van der Waals surface area (Å²) in [6, 6.07) is 2.19. The van der Waals surface area contributed by atoms with Crippen molar-refractivity contribution in [2.75, 3.05) is 19.8 Å². The lowest BCUT2D eigenvalue weighted by molar-refractivity contribution is 0.249. The van der Waals surface area contributed by atoms with Crippen LogP contribution in [0.1, 0.15) is 36.8 Å². The monoisotopic (exact) mass is 325 g/mol. The van der Waals surface area contributed by atoms with Crippen molar-refractivity contribution in [1.82, 2.24) is 0 Å². The molecule has 0 radical (unpaired) electrons. The Morgan fingerprint density at radius 1 is 1.21 bits per heavy atom. The number of hydrogen-bond acceptors (Lipinski definition) is 3. The van der Waals surface area contributed by atoms with Gasteiger partial charge in [0.25, 0.3) is 0 Å². The van der Waals surface area contributed by atoms with Gasteiger partial charge in [-0.2, -0.15) is 0 Å². The standard InChI is InChI=1S/C15H20BrNO2/c1-10-11(15(9-17)4-2-5-15)8-12(16)14-13(10)18-6-3-7-19-14/h8H,2-7,9,17H2,1H3. The molecule has 3 nitrogen and oxygen atoms in total. The Labute approximate surface area is 122 Å². The second-order valence-corrected chi connectivity index (χ2v) is 6.43. The molecule has 19 heavy (non-hydrogen) atoms. The van der Waals surface area contributed by atoms with Gasteiger partial charge in [0.2, 0.25) is 0 Å². The molecule has 4 heteroatoms. The van der Waals surface area contributed by atoms with Crippen LogP contribution in [0.2, 0.25) is 0 Å².